The maximum absolute atomic E-state index is 11.0. The molecule has 1 heterocycles. The van der Waals surface area contributed by atoms with Crippen molar-refractivity contribution in [1.29, 1.82) is 0 Å². The summed E-state index contributed by atoms with van der Waals surface area (Å²) >= 11 is 0. The molecule has 0 saturated carbocycles. The molecule has 0 aromatic carbocycles. The van der Waals surface area contributed by atoms with Crippen molar-refractivity contribution in [3.63, 3.8) is 0 Å². The van der Waals surface area contributed by atoms with Crippen molar-refractivity contribution in [2.24, 2.45) is 0 Å². The fourth-order valence-electron chi connectivity index (χ4n) is 1.01. The summed E-state index contributed by atoms with van der Waals surface area (Å²) in [6.45, 7) is -0.511. The van der Waals surface area contributed by atoms with Crippen molar-refractivity contribution in [3.8, 4) is 0 Å². The monoisotopic (exact) mass is 163 g/mol. The minimum absolute atomic E-state index is 0.0921. The zero-order valence-electron chi connectivity index (χ0n) is 5.88. The number of rotatable bonds is 1. The Morgan fingerprint density at radius 2 is 2.09 bits per heavy atom. The van der Waals surface area contributed by atoms with E-state index in [1.54, 1.807) is 0 Å². The third-order valence-corrected chi connectivity index (χ3v) is 1.76. The average molecular weight is 163 g/mol. The Morgan fingerprint density at radius 1 is 1.45 bits per heavy atom. The molecule has 1 saturated heterocycles. The van der Waals surface area contributed by atoms with Crippen molar-refractivity contribution in [2.75, 3.05) is 13.2 Å². The SMILES string of the molecule is [O][C@@H]1[C@H](O)[C@@H](O)CO[C@@H]1CO. The van der Waals surface area contributed by atoms with E-state index in [2.05, 4.69) is 0 Å². The molecule has 65 valence electrons. The van der Waals surface area contributed by atoms with Gasteiger partial charge in [-0.25, -0.2) is 5.11 Å². The first-order valence-corrected chi connectivity index (χ1v) is 3.41. The molecule has 5 heteroatoms. The van der Waals surface area contributed by atoms with E-state index in [1.165, 1.54) is 0 Å². The van der Waals surface area contributed by atoms with Crippen LogP contribution in [0.3, 0.4) is 0 Å². The first kappa shape index (κ1) is 8.89. The van der Waals surface area contributed by atoms with Gasteiger partial charge in [0, 0.05) is 0 Å². The summed E-state index contributed by atoms with van der Waals surface area (Å²) in [5.74, 6) is 0. The Kier molecular flexibility index (Phi) is 2.80. The van der Waals surface area contributed by atoms with Gasteiger partial charge in [0.1, 0.15) is 24.4 Å². The first-order valence-electron chi connectivity index (χ1n) is 3.41. The lowest BCUT2D eigenvalue weighted by Gasteiger charge is -2.32. The molecule has 1 aliphatic heterocycles. The van der Waals surface area contributed by atoms with Gasteiger partial charge in [0.25, 0.3) is 0 Å². The van der Waals surface area contributed by atoms with Gasteiger partial charge in [0.05, 0.1) is 13.2 Å². The highest BCUT2D eigenvalue weighted by Crippen LogP contribution is 2.15. The second-order valence-corrected chi connectivity index (χ2v) is 2.58. The fraction of sp³-hybridized carbons (Fsp3) is 1.00. The highest BCUT2D eigenvalue weighted by atomic mass is 16.5. The van der Waals surface area contributed by atoms with Gasteiger partial charge in [-0.3, -0.25) is 0 Å². The van der Waals surface area contributed by atoms with Crippen molar-refractivity contribution >= 4 is 0 Å². The normalized spacial score (nSPS) is 45.8. The average Bonchev–Trinajstić information content (AvgIpc) is 2.01. The minimum Gasteiger partial charge on any atom is -0.394 e. The Hall–Kier alpha value is -0.200. The van der Waals surface area contributed by atoms with Crippen molar-refractivity contribution < 1.29 is 25.2 Å². The zero-order valence-corrected chi connectivity index (χ0v) is 5.88. The smallest absolute Gasteiger partial charge is 0.150 e. The molecule has 0 bridgehead atoms. The number of aliphatic hydroxyl groups is 3. The van der Waals surface area contributed by atoms with Crippen LogP contribution in [0.25, 0.3) is 0 Å². The van der Waals surface area contributed by atoms with Crippen LogP contribution in [-0.4, -0.2) is 52.9 Å². The maximum Gasteiger partial charge on any atom is 0.150 e. The van der Waals surface area contributed by atoms with Gasteiger partial charge in [-0.05, 0) is 0 Å². The standard InChI is InChI=1S/C6H11O5/c7-1-4-6(10)5(9)3(8)2-11-4/h3-9H,1-2H2/t3-,4+,5+,6-/m0/s1. The third-order valence-electron chi connectivity index (χ3n) is 1.76. The van der Waals surface area contributed by atoms with Gasteiger partial charge < -0.3 is 20.1 Å². The van der Waals surface area contributed by atoms with Gasteiger partial charge in [0.2, 0.25) is 0 Å². The quantitative estimate of drug-likeness (QED) is 0.413. The molecule has 11 heavy (non-hydrogen) atoms. The largest absolute Gasteiger partial charge is 0.394 e. The van der Waals surface area contributed by atoms with Crippen LogP contribution >= 0.6 is 0 Å². The van der Waals surface area contributed by atoms with E-state index < -0.39 is 31.0 Å². The second kappa shape index (κ2) is 3.46. The van der Waals surface area contributed by atoms with E-state index in [9.17, 15) is 5.11 Å². The molecular weight excluding hydrogens is 152 g/mol. The Morgan fingerprint density at radius 3 is 2.64 bits per heavy atom. The molecule has 0 spiro atoms. The molecule has 1 fully saturated rings. The Labute approximate surface area is 63.8 Å². The van der Waals surface area contributed by atoms with Gasteiger partial charge in [-0.2, -0.15) is 0 Å². The second-order valence-electron chi connectivity index (χ2n) is 2.58. The molecule has 0 aliphatic carbocycles. The van der Waals surface area contributed by atoms with Crippen LogP contribution in [0.2, 0.25) is 0 Å². The van der Waals surface area contributed by atoms with Crippen LogP contribution in [0.4, 0.5) is 0 Å². The molecule has 4 atom stereocenters. The van der Waals surface area contributed by atoms with Crippen LogP contribution in [0.15, 0.2) is 0 Å². The molecule has 1 radical (unpaired) electrons. The topological polar surface area (TPSA) is 89.8 Å². The van der Waals surface area contributed by atoms with Gasteiger partial charge in [-0.1, -0.05) is 0 Å². The molecule has 5 nitrogen and oxygen atoms in total. The number of hydrogen-bond donors (Lipinski definition) is 3. The first-order chi connectivity index (χ1) is 5.16. The van der Waals surface area contributed by atoms with E-state index in [0.717, 1.165) is 0 Å². The molecule has 0 unspecified atom stereocenters. The van der Waals surface area contributed by atoms with E-state index in [4.69, 9.17) is 20.1 Å². The van der Waals surface area contributed by atoms with Crippen molar-refractivity contribution in [1.82, 2.24) is 0 Å². The summed E-state index contributed by atoms with van der Waals surface area (Å²) < 4.78 is 4.75. The van der Waals surface area contributed by atoms with E-state index in [0.29, 0.717) is 0 Å². The lowest BCUT2D eigenvalue weighted by molar-refractivity contribution is -0.212. The number of aliphatic hydroxyl groups excluding tert-OH is 3. The number of ether oxygens (including phenoxy) is 1. The fourth-order valence-corrected chi connectivity index (χ4v) is 1.01. The molecule has 0 amide bonds. The predicted molar refractivity (Wildman–Crippen MR) is 33.3 cm³/mol. The molecule has 1 aliphatic rings. The lowest BCUT2D eigenvalue weighted by Crippen LogP contribution is -2.53. The lowest BCUT2D eigenvalue weighted by atomic mass is 10.0. The summed E-state index contributed by atoms with van der Waals surface area (Å²) in [7, 11) is 0. The van der Waals surface area contributed by atoms with E-state index >= 15 is 0 Å². The molecular formula is C6H11O5. The van der Waals surface area contributed by atoms with Crippen LogP contribution < -0.4 is 0 Å². The summed E-state index contributed by atoms with van der Waals surface area (Å²) in [6, 6.07) is 0. The molecule has 1 rings (SSSR count). The van der Waals surface area contributed by atoms with Gasteiger partial charge >= 0.3 is 0 Å². The van der Waals surface area contributed by atoms with E-state index in [-0.39, 0.29) is 6.61 Å². The summed E-state index contributed by atoms with van der Waals surface area (Å²) in [5.41, 5.74) is 0. The van der Waals surface area contributed by atoms with E-state index in [1.807, 2.05) is 0 Å². The Balaban J connectivity index is 2.52. The molecule has 3 N–H and O–H groups in total. The summed E-state index contributed by atoms with van der Waals surface area (Å²) in [6.07, 6.45) is -4.81. The molecule has 0 aromatic heterocycles. The Bertz CT molecular complexity index is 126. The van der Waals surface area contributed by atoms with Crippen LogP contribution in [0, 0.1) is 0 Å². The van der Waals surface area contributed by atoms with Gasteiger partial charge in [-0.15, -0.1) is 0 Å². The predicted octanol–water partition coefficient (Wildman–Crippen LogP) is -2.10. The zero-order chi connectivity index (χ0) is 8.43. The minimum atomic E-state index is -1.45. The summed E-state index contributed by atoms with van der Waals surface area (Å²) in [4.78, 5) is 0. The van der Waals surface area contributed by atoms with Crippen molar-refractivity contribution in [2.45, 2.75) is 24.4 Å². The highest BCUT2D eigenvalue weighted by molar-refractivity contribution is 4.85. The third kappa shape index (κ3) is 1.69. The molecule has 0 aromatic rings. The summed E-state index contributed by atoms with van der Waals surface area (Å²) in [5, 5.41) is 37.4. The van der Waals surface area contributed by atoms with Crippen LogP contribution in [0.1, 0.15) is 0 Å². The van der Waals surface area contributed by atoms with Gasteiger partial charge in [0.15, 0.2) is 0 Å². The highest BCUT2D eigenvalue weighted by Gasteiger charge is 2.38. The number of hydrogen-bond acceptors (Lipinski definition) is 4. The maximum atomic E-state index is 11.0. The van der Waals surface area contributed by atoms with Crippen molar-refractivity contribution in [3.05, 3.63) is 0 Å². The van der Waals surface area contributed by atoms with Crippen LogP contribution in [-0.2, 0) is 9.84 Å². The van der Waals surface area contributed by atoms with Crippen LogP contribution in [0.5, 0.6) is 0 Å².